The lowest BCUT2D eigenvalue weighted by Crippen LogP contribution is -2.27. The SMILES string of the molecule is Cc1cc(C)c2ccc(NC(=O)CN(C)C)nc2c1. The van der Waals surface area contributed by atoms with Gasteiger partial charge in [0.25, 0.3) is 0 Å². The summed E-state index contributed by atoms with van der Waals surface area (Å²) < 4.78 is 0. The molecule has 19 heavy (non-hydrogen) atoms. The van der Waals surface area contributed by atoms with Crippen LogP contribution in [-0.2, 0) is 4.79 Å². The summed E-state index contributed by atoms with van der Waals surface area (Å²) in [6, 6.07) is 8.01. The van der Waals surface area contributed by atoms with E-state index in [-0.39, 0.29) is 5.91 Å². The molecule has 0 bridgehead atoms. The van der Waals surface area contributed by atoms with Gasteiger partial charge in [-0.1, -0.05) is 6.07 Å². The van der Waals surface area contributed by atoms with Gasteiger partial charge in [0.2, 0.25) is 5.91 Å². The predicted octanol–water partition coefficient (Wildman–Crippen LogP) is 2.35. The molecule has 4 nitrogen and oxygen atoms in total. The second kappa shape index (κ2) is 5.36. The average Bonchev–Trinajstić information content (AvgIpc) is 2.26. The van der Waals surface area contributed by atoms with E-state index in [2.05, 4.69) is 23.3 Å². The van der Waals surface area contributed by atoms with E-state index in [4.69, 9.17) is 0 Å². The summed E-state index contributed by atoms with van der Waals surface area (Å²) in [6.45, 7) is 4.47. The average molecular weight is 257 g/mol. The monoisotopic (exact) mass is 257 g/mol. The van der Waals surface area contributed by atoms with Gasteiger partial charge in [-0.3, -0.25) is 4.79 Å². The zero-order chi connectivity index (χ0) is 14.0. The van der Waals surface area contributed by atoms with Gasteiger partial charge in [-0.15, -0.1) is 0 Å². The van der Waals surface area contributed by atoms with Crippen molar-refractivity contribution in [2.24, 2.45) is 0 Å². The molecule has 1 amide bonds. The summed E-state index contributed by atoms with van der Waals surface area (Å²) in [5.41, 5.74) is 3.29. The van der Waals surface area contributed by atoms with Crippen LogP contribution >= 0.6 is 0 Å². The number of benzene rings is 1. The molecular weight excluding hydrogens is 238 g/mol. The van der Waals surface area contributed by atoms with Crippen LogP contribution in [0.3, 0.4) is 0 Å². The fourth-order valence-electron chi connectivity index (χ4n) is 2.13. The number of amides is 1. The van der Waals surface area contributed by atoms with Crippen molar-refractivity contribution in [2.45, 2.75) is 13.8 Å². The minimum atomic E-state index is -0.0544. The van der Waals surface area contributed by atoms with E-state index < -0.39 is 0 Å². The summed E-state index contributed by atoms with van der Waals surface area (Å²) in [5.74, 6) is 0.547. The molecule has 0 unspecified atom stereocenters. The fraction of sp³-hybridized carbons (Fsp3) is 0.333. The number of aryl methyl sites for hydroxylation is 2. The highest BCUT2D eigenvalue weighted by Crippen LogP contribution is 2.20. The van der Waals surface area contributed by atoms with Crippen molar-refractivity contribution in [3.63, 3.8) is 0 Å². The van der Waals surface area contributed by atoms with Crippen molar-refractivity contribution in [2.75, 3.05) is 26.0 Å². The van der Waals surface area contributed by atoms with E-state index in [1.165, 1.54) is 11.1 Å². The molecule has 2 aromatic rings. The van der Waals surface area contributed by atoms with Crippen molar-refractivity contribution in [1.82, 2.24) is 9.88 Å². The van der Waals surface area contributed by atoms with E-state index in [1.54, 1.807) is 0 Å². The second-order valence-electron chi connectivity index (χ2n) is 5.13. The summed E-state index contributed by atoms with van der Waals surface area (Å²) in [4.78, 5) is 18.0. The summed E-state index contributed by atoms with van der Waals surface area (Å²) in [6.07, 6.45) is 0. The Morgan fingerprint density at radius 1 is 1.26 bits per heavy atom. The highest BCUT2D eigenvalue weighted by Gasteiger charge is 2.06. The number of carbonyl (C=O) groups excluding carboxylic acids is 1. The molecule has 0 aliphatic rings. The highest BCUT2D eigenvalue weighted by molar-refractivity contribution is 5.93. The maximum absolute atomic E-state index is 11.7. The van der Waals surface area contributed by atoms with Crippen LogP contribution in [0.2, 0.25) is 0 Å². The van der Waals surface area contributed by atoms with E-state index in [9.17, 15) is 4.79 Å². The Morgan fingerprint density at radius 2 is 2.00 bits per heavy atom. The van der Waals surface area contributed by atoms with Gasteiger partial charge in [0.05, 0.1) is 12.1 Å². The molecule has 0 saturated heterocycles. The van der Waals surface area contributed by atoms with Gasteiger partial charge in [-0.25, -0.2) is 4.98 Å². The predicted molar refractivity (Wildman–Crippen MR) is 78.4 cm³/mol. The molecule has 1 heterocycles. The third-order valence-corrected chi connectivity index (χ3v) is 2.89. The number of hydrogen-bond donors (Lipinski definition) is 1. The lowest BCUT2D eigenvalue weighted by molar-refractivity contribution is -0.116. The third-order valence-electron chi connectivity index (χ3n) is 2.89. The van der Waals surface area contributed by atoms with Crippen LogP contribution in [0.4, 0.5) is 5.82 Å². The third kappa shape index (κ3) is 3.29. The number of fused-ring (bicyclic) bond motifs is 1. The van der Waals surface area contributed by atoms with E-state index >= 15 is 0 Å². The number of pyridine rings is 1. The fourth-order valence-corrected chi connectivity index (χ4v) is 2.13. The Labute approximate surface area is 113 Å². The number of nitrogens with one attached hydrogen (secondary N) is 1. The maximum Gasteiger partial charge on any atom is 0.239 e. The Kier molecular flexibility index (Phi) is 3.81. The minimum absolute atomic E-state index is 0.0544. The molecule has 100 valence electrons. The van der Waals surface area contributed by atoms with Crippen LogP contribution in [-0.4, -0.2) is 36.4 Å². The molecule has 1 aromatic heterocycles. The van der Waals surface area contributed by atoms with Crippen LogP contribution in [0.5, 0.6) is 0 Å². The maximum atomic E-state index is 11.7. The van der Waals surface area contributed by atoms with Gasteiger partial charge in [0.15, 0.2) is 0 Å². The van der Waals surface area contributed by atoms with Gasteiger partial charge >= 0.3 is 0 Å². The lowest BCUT2D eigenvalue weighted by atomic mass is 10.1. The van der Waals surface area contributed by atoms with E-state index in [0.717, 1.165) is 10.9 Å². The largest absolute Gasteiger partial charge is 0.310 e. The van der Waals surface area contributed by atoms with Crippen molar-refractivity contribution in [1.29, 1.82) is 0 Å². The number of rotatable bonds is 3. The van der Waals surface area contributed by atoms with Gasteiger partial charge in [0, 0.05) is 5.39 Å². The molecule has 0 radical (unpaired) electrons. The molecule has 0 fully saturated rings. The first-order valence-corrected chi connectivity index (χ1v) is 6.28. The number of hydrogen-bond acceptors (Lipinski definition) is 3. The smallest absolute Gasteiger partial charge is 0.239 e. The quantitative estimate of drug-likeness (QED) is 0.918. The molecule has 0 saturated carbocycles. The van der Waals surface area contributed by atoms with Gasteiger partial charge in [0.1, 0.15) is 5.82 Å². The molecule has 0 spiro atoms. The Hall–Kier alpha value is -1.94. The summed E-state index contributed by atoms with van der Waals surface area (Å²) in [7, 11) is 3.72. The topological polar surface area (TPSA) is 45.2 Å². The van der Waals surface area contributed by atoms with Gasteiger partial charge in [-0.05, 0) is 57.3 Å². The molecule has 1 aromatic carbocycles. The molecule has 0 aliphatic carbocycles. The van der Waals surface area contributed by atoms with Crippen LogP contribution in [0, 0.1) is 13.8 Å². The van der Waals surface area contributed by atoms with E-state index in [0.29, 0.717) is 12.4 Å². The van der Waals surface area contributed by atoms with E-state index in [1.807, 2.05) is 44.1 Å². The van der Waals surface area contributed by atoms with Crippen LogP contribution in [0.25, 0.3) is 10.9 Å². The Morgan fingerprint density at radius 3 is 2.68 bits per heavy atom. The Balaban J connectivity index is 2.29. The van der Waals surface area contributed by atoms with Crippen LogP contribution in [0.15, 0.2) is 24.3 Å². The van der Waals surface area contributed by atoms with Crippen molar-refractivity contribution in [3.8, 4) is 0 Å². The zero-order valence-electron chi connectivity index (χ0n) is 11.8. The minimum Gasteiger partial charge on any atom is -0.310 e. The molecule has 0 atom stereocenters. The number of likely N-dealkylation sites (N-methyl/N-ethyl adjacent to an activating group) is 1. The first kappa shape index (κ1) is 13.5. The number of nitrogens with zero attached hydrogens (tertiary/aromatic N) is 2. The molecule has 1 N–H and O–H groups in total. The molecule has 2 rings (SSSR count). The van der Waals surface area contributed by atoms with Crippen molar-refractivity contribution < 1.29 is 4.79 Å². The molecule has 0 aliphatic heterocycles. The van der Waals surface area contributed by atoms with Gasteiger partial charge in [-0.2, -0.15) is 0 Å². The van der Waals surface area contributed by atoms with Crippen molar-refractivity contribution >= 4 is 22.6 Å². The standard InChI is InChI=1S/C15H19N3O/c1-10-7-11(2)12-5-6-14(16-13(12)8-10)17-15(19)9-18(3)4/h5-8H,9H2,1-4H3,(H,16,17,19). The molecular formula is C15H19N3O. The first-order valence-electron chi connectivity index (χ1n) is 6.28. The zero-order valence-corrected chi connectivity index (χ0v) is 11.8. The number of aromatic nitrogens is 1. The van der Waals surface area contributed by atoms with Crippen molar-refractivity contribution in [3.05, 3.63) is 35.4 Å². The number of carbonyl (C=O) groups is 1. The lowest BCUT2D eigenvalue weighted by Gasteiger charge is -2.10. The summed E-state index contributed by atoms with van der Waals surface area (Å²) >= 11 is 0. The van der Waals surface area contributed by atoms with Crippen LogP contribution in [0.1, 0.15) is 11.1 Å². The van der Waals surface area contributed by atoms with Crippen LogP contribution < -0.4 is 5.32 Å². The van der Waals surface area contributed by atoms with Gasteiger partial charge < -0.3 is 10.2 Å². The first-order chi connectivity index (χ1) is 8.95. The highest BCUT2D eigenvalue weighted by atomic mass is 16.2. The summed E-state index contributed by atoms with van der Waals surface area (Å²) in [5, 5.41) is 3.93. The normalized spacial score (nSPS) is 11.0. The second-order valence-corrected chi connectivity index (χ2v) is 5.13. The Bertz CT molecular complexity index is 620. The molecule has 4 heteroatoms. The number of anilines is 1.